The predicted octanol–water partition coefficient (Wildman–Crippen LogP) is 1.58. The molecule has 19 heavy (non-hydrogen) atoms. The molecule has 0 radical (unpaired) electrons. The third-order valence-corrected chi connectivity index (χ3v) is 2.85. The fourth-order valence-electron chi connectivity index (χ4n) is 1.61. The molecule has 0 saturated carbocycles. The summed E-state index contributed by atoms with van der Waals surface area (Å²) in [6.07, 6.45) is 1.86. The SMILES string of the molecule is CCOC(=O)c1ccnc(N(C)C(C)CC#N)c1N. The smallest absolute Gasteiger partial charge is 0.340 e. The number of nitrogen functional groups attached to an aromatic ring is 1. The van der Waals surface area contributed by atoms with Crippen molar-refractivity contribution in [3.05, 3.63) is 17.8 Å². The van der Waals surface area contributed by atoms with Gasteiger partial charge in [0.25, 0.3) is 0 Å². The first-order chi connectivity index (χ1) is 9.02. The number of nitrogens with zero attached hydrogens (tertiary/aromatic N) is 3. The Morgan fingerprint density at radius 1 is 1.68 bits per heavy atom. The Balaban J connectivity index is 3.07. The number of aromatic nitrogens is 1. The molecule has 2 N–H and O–H groups in total. The summed E-state index contributed by atoms with van der Waals surface area (Å²) in [7, 11) is 1.79. The third-order valence-electron chi connectivity index (χ3n) is 2.85. The molecule has 1 atom stereocenters. The van der Waals surface area contributed by atoms with E-state index in [4.69, 9.17) is 15.7 Å². The van der Waals surface area contributed by atoms with Crippen LogP contribution < -0.4 is 10.6 Å². The molecular formula is C13H18N4O2. The average molecular weight is 262 g/mol. The van der Waals surface area contributed by atoms with Gasteiger partial charge in [0.1, 0.15) is 0 Å². The Morgan fingerprint density at radius 2 is 2.37 bits per heavy atom. The Kier molecular flexibility index (Phi) is 5.12. The molecule has 102 valence electrons. The highest BCUT2D eigenvalue weighted by Gasteiger charge is 2.19. The zero-order valence-corrected chi connectivity index (χ0v) is 11.4. The van der Waals surface area contributed by atoms with Gasteiger partial charge in [-0.25, -0.2) is 9.78 Å². The minimum atomic E-state index is -0.468. The van der Waals surface area contributed by atoms with E-state index in [1.165, 1.54) is 12.3 Å². The van der Waals surface area contributed by atoms with E-state index < -0.39 is 5.97 Å². The summed E-state index contributed by atoms with van der Waals surface area (Å²) in [6.45, 7) is 3.91. The van der Waals surface area contributed by atoms with Crippen molar-refractivity contribution in [2.75, 3.05) is 24.3 Å². The van der Waals surface area contributed by atoms with Crippen LogP contribution in [0.15, 0.2) is 12.3 Å². The summed E-state index contributed by atoms with van der Waals surface area (Å²) in [6, 6.07) is 3.58. The molecule has 0 bridgehead atoms. The van der Waals surface area contributed by atoms with Gasteiger partial charge in [0.2, 0.25) is 0 Å². The number of anilines is 2. The first-order valence-electron chi connectivity index (χ1n) is 6.04. The predicted molar refractivity (Wildman–Crippen MR) is 72.7 cm³/mol. The van der Waals surface area contributed by atoms with Gasteiger partial charge in [-0.2, -0.15) is 5.26 Å². The lowest BCUT2D eigenvalue weighted by atomic mass is 10.1. The molecule has 0 aliphatic carbocycles. The van der Waals surface area contributed by atoms with Gasteiger partial charge in [0.05, 0.1) is 30.3 Å². The average Bonchev–Trinajstić information content (AvgIpc) is 2.38. The van der Waals surface area contributed by atoms with Gasteiger partial charge in [-0.3, -0.25) is 0 Å². The summed E-state index contributed by atoms with van der Waals surface area (Å²) < 4.78 is 4.93. The largest absolute Gasteiger partial charge is 0.462 e. The number of hydrogen-bond donors (Lipinski definition) is 1. The fraction of sp³-hybridized carbons (Fsp3) is 0.462. The molecule has 0 amide bonds. The van der Waals surface area contributed by atoms with Crippen LogP contribution in [0.3, 0.4) is 0 Å². The van der Waals surface area contributed by atoms with Gasteiger partial charge < -0.3 is 15.4 Å². The topological polar surface area (TPSA) is 92.2 Å². The van der Waals surface area contributed by atoms with Crippen LogP contribution in [0.1, 0.15) is 30.6 Å². The number of esters is 1. The molecule has 0 fully saturated rings. The monoisotopic (exact) mass is 262 g/mol. The first kappa shape index (κ1) is 14.8. The highest BCUT2D eigenvalue weighted by molar-refractivity contribution is 5.97. The maximum Gasteiger partial charge on any atom is 0.340 e. The van der Waals surface area contributed by atoms with Crippen molar-refractivity contribution < 1.29 is 9.53 Å². The number of rotatable bonds is 5. The minimum absolute atomic E-state index is 0.0442. The molecule has 1 aromatic rings. The molecule has 0 aromatic carbocycles. The van der Waals surface area contributed by atoms with E-state index in [0.717, 1.165) is 0 Å². The Morgan fingerprint density at radius 3 is 2.95 bits per heavy atom. The zero-order chi connectivity index (χ0) is 14.4. The molecule has 6 nitrogen and oxygen atoms in total. The van der Waals surface area contributed by atoms with Crippen molar-refractivity contribution in [2.45, 2.75) is 26.3 Å². The molecule has 0 spiro atoms. The van der Waals surface area contributed by atoms with Crippen LogP contribution >= 0.6 is 0 Å². The second-order valence-electron chi connectivity index (χ2n) is 4.14. The van der Waals surface area contributed by atoms with Crippen LogP contribution in [0.5, 0.6) is 0 Å². The lowest BCUT2D eigenvalue weighted by Gasteiger charge is -2.25. The van der Waals surface area contributed by atoms with E-state index >= 15 is 0 Å². The van der Waals surface area contributed by atoms with Crippen LogP contribution in [0.2, 0.25) is 0 Å². The van der Waals surface area contributed by atoms with Crippen LogP contribution in [-0.4, -0.2) is 30.6 Å². The number of carbonyl (C=O) groups excluding carboxylic acids is 1. The summed E-state index contributed by atoms with van der Waals surface area (Å²) in [5.41, 5.74) is 6.53. The second kappa shape index (κ2) is 6.59. The molecule has 1 unspecified atom stereocenters. The highest BCUT2D eigenvalue weighted by atomic mass is 16.5. The molecule has 1 aromatic heterocycles. The number of carbonyl (C=O) groups is 1. The number of pyridine rings is 1. The van der Waals surface area contributed by atoms with Gasteiger partial charge in [0.15, 0.2) is 5.82 Å². The lowest BCUT2D eigenvalue weighted by molar-refractivity contribution is 0.0527. The van der Waals surface area contributed by atoms with E-state index in [1.807, 2.05) is 6.92 Å². The van der Waals surface area contributed by atoms with Crippen molar-refractivity contribution in [1.29, 1.82) is 5.26 Å². The molecule has 0 aliphatic heterocycles. The van der Waals surface area contributed by atoms with E-state index in [-0.39, 0.29) is 18.3 Å². The van der Waals surface area contributed by atoms with Crippen LogP contribution in [-0.2, 0) is 4.74 Å². The van der Waals surface area contributed by atoms with Gasteiger partial charge >= 0.3 is 5.97 Å². The van der Waals surface area contributed by atoms with Gasteiger partial charge in [-0.05, 0) is 19.9 Å². The van der Waals surface area contributed by atoms with Crippen molar-refractivity contribution in [3.63, 3.8) is 0 Å². The lowest BCUT2D eigenvalue weighted by Crippen LogP contribution is -2.30. The molecule has 1 rings (SSSR count). The molecule has 6 heteroatoms. The maximum absolute atomic E-state index is 11.7. The highest BCUT2D eigenvalue weighted by Crippen LogP contribution is 2.25. The maximum atomic E-state index is 11.7. The van der Waals surface area contributed by atoms with E-state index in [0.29, 0.717) is 17.8 Å². The number of nitriles is 1. The second-order valence-corrected chi connectivity index (χ2v) is 4.14. The van der Waals surface area contributed by atoms with E-state index in [1.54, 1.807) is 18.9 Å². The van der Waals surface area contributed by atoms with Crippen LogP contribution in [0.25, 0.3) is 0 Å². The quantitative estimate of drug-likeness (QED) is 0.810. The van der Waals surface area contributed by atoms with Gasteiger partial charge in [-0.15, -0.1) is 0 Å². The Hall–Kier alpha value is -2.29. The molecule has 0 saturated heterocycles. The molecule has 1 heterocycles. The van der Waals surface area contributed by atoms with Crippen molar-refractivity contribution in [1.82, 2.24) is 4.98 Å². The van der Waals surface area contributed by atoms with Crippen molar-refractivity contribution in [2.24, 2.45) is 0 Å². The Bertz CT molecular complexity index is 496. The number of nitrogens with two attached hydrogens (primary N) is 1. The molecule has 0 aliphatic rings. The van der Waals surface area contributed by atoms with Crippen LogP contribution in [0.4, 0.5) is 11.5 Å². The first-order valence-corrected chi connectivity index (χ1v) is 6.04. The van der Waals surface area contributed by atoms with Crippen LogP contribution in [0, 0.1) is 11.3 Å². The van der Waals surface area contributed by atoms with Crippen molar-refractivity contribution in [3.8, 4) is 6.07 Å². The van der Waals surface area contributed by atoms with E-state index in [9.17, 15) is 4.79 Å². The summed E-state index contributed by atoms with van der Waals surface area (Å²) in [5, 5.41) is 8.71. The zero-order valence-electron chi connectivity index (χ0n) is 11.4. The van der Waals surface area contributed by atoms with Gasteiger partial charge in [0, 0.05) is 19.3 Å². The summed E-state index contributed by atoms with van der Waals surface area (Å²) in [5.74, 6) is 0.0123. The Labute approximate surface area is 112 Å². The summed E-state index contributed by atoms with van der Waals surface area (Å²) >= 11 is 0. The van der Waals surface area contributed by atoms with Crippen molar-refractivity contribution >= 4 is 17.5 Å². The third kappa shape index (κ3) is 3.35. The van der Waals surface area contributed by atoms with E-state index in [2.05, 4.69) is 11.1 Å². The summed E-state index contributed by atoms with van der Waals surface area (Å²) in [4.78, 5) is 17.7. The fourth-order valence-corrected chi connectivity index (χ4v) is 1.61. The number of hydrogen-bond acceptors (Lipinski definition) is 6. The molecular weight excluding hydrogens is 244 g/mol. The minimum Gasteiger partial charge on any atom is -0.462 e. The standard InChI is InChI=1S/C13H18N4O2/c1-4-19-13(18)10-6-8-16-12(11(10)15)17(3)9(2)5-7-14/h6,8-9H,4-5,15H2,1-3H3. The normalized spacial score (nSPS) is 11.5. The van der Waals surface area contributed by atoms with Gasteiger partial charge in [-0.1, -0.05) is 0 Å². The number of ether oxygens (including phenoxy) is 1.